The van der Waals surface area contributed by atoms with Crippen molar-refractivity contribution in [3.05, 3.63) is 39.4 Å². The van der Waals surface area contributed by atoms with Gasteiger partial charge in [-0.1, -0.05) is 0 Å². The Bertz CT molecular complexity index is 621. The fraction of sp³-hybridized carbons (Fsp3) is 0.333. The lowest BCUT2D eigenvalue weighted by atomic mass is 10.1. The van der Waals surface area contributed by atoms with Crippen LogP contribution in [0.5, 0.6) is 0 Å². The van der Waals surface area contributed by atoms with E-state index in [1.54, 1.807) is 0 Å². The van der Waals surface area contributed by atoms with E-state index >= 15 is 0 Å². The van der Waals surface area contributed by atoms with Gasteiger partial charge < -0.3 is 10.6 Å². The first-order valence-electron chi connectivity index (χ1n) is 6.12. The van der Waals surface area contributed by atoms with Crippen LogP contribution in [0.15, 0.2) is 12.1 Å². The molecule has 1 saturated heterocycles. The molecule has 2 rings (SSSR count). The van der Waals surface area contributed by atoms with Crippen LogP contribution in [0.4, 0.5) is 14.5 Å². The molecule has 9 heteroatoms. The maximum Gasteiger partial charge on any atom is 0.305 e. The van der Waals surface area contributed by atoms with Crippen LogP contribution in [0.2, 0.25) is 0 Å². The Morgan fingerprint density at radius 3 is 2.76 bits per heavy atom. The van der Waals surface area contributed by atoms with Gasteiger partial charge in [-0.3, -0.25) is 19.7 Å². The molecule has 1 unspecified atom stereocenters. The third kappa shape index (κ3) is 2.96. The maximum atomic E-state index is 13.8. The molecule has 1 aliphatic heterocycles. The number of rotatable bonds is 3. The summed E-state index contributed by atoms with van der Waals surface area (Å²) in [6.07, 6.45) is 0.937. The van der Waals surface area contributed by atoms with Crippen molar-refractivity contribution in [1.82, 2.24) is 10.6 Å². The highest BCUT2D eigenvalue weighted by Gasteiger charge is 2.30. The molecule has 21 heavy (non-hydrogen) atoms. The molecule has 0 saturated carbocycles. The van der Waals surface area contributed by atoms with E-state index in [1.165, 1.54) is 0 Å². The van der Waals surface area contributed by atoms with Crippen molar-refractivity contribution in [1.29, 1.82) is 0 Å². The Morgan fingerprint density at radius 1 is 1.43 bits per heavy atom. The van der Waals surface area contributed by atoms with E-state index in [9.17, 15) is 28.5 Å². The van der Waals surface area contributed by atoms with Crippen molar-refractivity contribution in [3.63, 3.8) is 0 Å². The van der Waals surface area contributed by atoms with E-state index in [2.05, 4.69) is 10.6 Å². The normalized spacial score (nSPS) is 18.0. The molecule has 1 atom stereocenters. The van der Waals surface area contributed by atoms with Crippen LogP contribution in [-0.4, -0.2) is 29.3 Å². The third-order valence-electron chi connectivity index (χ3n) is 3.09. The van der Waals surface area contributed by atoms with E-state index in [0.717, 1.165) is 0 Å². The number of halogens is 2. The highest BCUT2D eigenvalue weighted by atomic mass is 19.1. The van der Waals surface area contributed by atoms with E-state index in [1.807, 2.05) is 0 Å². The van der Waals surface area contributed by atoms with Gasteiger partial charge in [0.25, 0.3) is 5.91 Å². The first kappa shape index (κ1) is 14.8. The summed E-state index contributed by atoms with van der Waals surface area (Å²) >= 11 is 0. The smallest absolute Gasteiger partial charge is 0.305 e. The summed E-state index contributed by atoms with van der Waals surface area (Å²) in [7, 11) is 0. The summed E-state index contributed by atoms with van der Waals surface area (Å²) in [6, 6.07) is 0.357. The van der Waals surface area contributed by atoms with Crippen molar-refractivity contribution in [2.45, 2.75) is 18.9 Å². The van der Waals surface area contributed by atoms with E-state index in [0.29, 0.717) is 31.5 Å². The molecule has 0 spiro atoms. The topological polar surface area (TPSA) is 101 Å². The highest BCUT2D eigenvalue weighted by Crippen LogP contribution is 2.23. The molecule has 1 heterocycles. The molecule has 1 aromatic rings. The fourth-order valence-corrected chi connectivity index (χ4v) is 2.03. The minimum Gasteiger partial charge on any atom is -0.354 e. The van der Waals surface area contributed by atoms with Crippen molar-refractivity contribution in [2.75, 3.05) is 6.54 Å². The Hall–Kier alpha value is -2.58. The Morgan fingerprint density at radius 2 is 2.14 bits per heavy atom. The minimum absolute atomic E-state index is 0.329. The lowest BCUT2D eigenvalue weighted by Crippen LogP contribution is -2.50. The number of carbonyl (C=O) groups excluding carboxylic acids is 2. The number of amides is 2. The van der Waals surface area contributed by atoms with Gasteiger partial charge in [-0.05, 0) is 18.9 Å². The molecule has 0 bridgehead atoms. The lowest BCUT2D eigenvalue weighted by molar-refractivity contribution is -0.387. The standard InChI is InChI=1S/C12H11F2N3O4/c13-6-3-4-8(17(20)21)10(14)9(6)12(19)16-7-2-1-5-15-11(7)18/h3-4,7H,1-2,5H2,(H,15,18)(H,16,19). The fourth-order valence-electron chi connectivity index (χ4n) is 2.03. The molecule has 112 valence electrons. The quantitative estimate of drug-likeness (QED) is 0.639. The van der Waals surface area contributed by atoms with Crippen molar-refractivity contribution in [2.24, 2.45) is 0 Å². The zero-order chi connectivity index (χ0) is 15.6. The molecule has 1 fully saturated rings. The van der Waals surface area contributed by atoms with Gasteiger partial charge in [0.05, 0.1) is 4.92 Å². The molecule has 2 amide bonds. The van der Waals surface area contributed by atoms with Crippen molar-refractivity contribution in [3.8, 4) is 0 Å². The summed E-state index contributed by atoms with van der Waals surface area (Å²) in [5.74, 6) is -4.45. The minimum atomic E-state index is -1.56. The molecule has 0 radical (unpaired) electrons. The number of nitrogens with zero attached hydrogens (tertiary/aromatic N) is 1. The second kappa shape index (κ2) is 5.81. The largest absolute Gasteiger partial charge is 0.354 e. The molecule has 1 aliphatic rings. The molecule has 0 aromatic heterocycles. The molecule has 2 N–H and O–H groups in total. The Kier molecular flexibility index (Phi) is 4.10. The van der Waals surface area contributed by atoms with Crippen molar-refractivity contribution < 1.29 is 23.3 Å². The maximum absolute atomic E-state index is 13.8. The summed E-state index contributed by atoms with van der Waals surface area (Å²) in [6.45, 7) is 0.463. The number of hydrogen-bond donors (Lipinski definition) is 2. The van der Waals surface area contributed by atoms with Crippen LogP contribution in [0.25, 0.3) is 0 Å². The van der Waals surface area contributed by atoms with Crippen LogP contribution in [0.1, 0.15) is 23.2 Å². The van der Waals surface area contributed by atoms with Gasteiger partial charge in [0.1, 0.15) is 17.4 Å². The zero-order valence-electron chi connectivity index (χ0n) is 10.7. The monoisotopic (exact) mass is 299 g/mol. The Balaban J connectivity index is 2.28. The molecule has 1 aromatic carbocycles. The number of nitro benzene ring substituents is 1. The molecular weight excluding hydrogens is 288 g/mol. The lowest BCUT2D eigenvalue weighted by Gasteiger charge is -2.22. The Labute approximate surface area is 117 Å². The first-order valence-corrected chi connectivity index (χ1v) is 6.12. The first-order chi connectivity index (χ1) is 9.91. The number of benzene rings is 1. The summed E-state index contributed by atoms with van der Waals surface area (Å²) in [4.78, 5) is 32.9. The van der Waals surface area contributed by atoms with Gasteiger partial charge in [-0.25, -0.2) is 4.39 Å². The van der Waals surface area contributed by atoms with Crippen LogP contribution >= 0.6 is 0 Å². The van der Waals surface area contributed by atoms with Crippen LogP contribution in [-0.2, 0) is 4.79 Å². The number of hydrogen-bond acceptors (Lipinski definition) is 4. The van der Waals surface area contributed by atoms with Gasteiger partial charge in [0.15, 0.2) is 0 Å². The summed E-state index contributed by atoms with van der Waals surface area (Å²) in [5.41, 5.74) is -2.07. The average Bonchev–Trinajstić information content (AvgIpc) is 2.41. The van der Waals surface area contributed by atoms with Crippen LogP contribution in [0.3, 0.4) is 0 Å². The molecule has 0 aliphatic carbocycles. The summed E-state index contributed by atoms with van der Waals surface area (Å²) in [5, 5.41) is 15.3. The number of nitro groups is 1. The summed E-state index contributed by atoms with van der Waals surface area (Å²) < 4.78 is 27.4. The van der Waals surface area contributed by atoms with Crippen molar-refractivity contribution >= 4 is 17.5 Å². The van der Waals surface area contributed by atoms with Gasteiger partial charge in [-0.2, -0.15) is 4.39 Å². The van der Waals surface area contributed by atoms with Gasteiger partial charge in [0.2, 0.25) is 11.7 Å². The highest BCUT2D eigenvalue weighted by molar-refractivity contribution is 5.98. The number of carbonyl (C=O) groups is 2. The zero-order valence-corrected chi connectivity index (χ0v) is 10.7. The predicted molar refractivity (Wildman–Crippen MR) is 66.5 cm³/mol. The van der Waals surface area contributed by atoms with Crippen LogP contribution < -0.4 is 10.6 Å². The SMILES string of the molecule is O=C(NC1CCCNC1=O)c1c(F)ccc([N+](=O)[O-])c1F. The van der Waals surface area contributed by atoms with E-state index in [-0.39, 0.29) is 0 Å². The average molecular weight is 299 g/mol. The van der Waals surface area contributed by atoms with Gasteiger partial charge >= 0.3 is 5.69 Å². The second-order valence-electron chi connectivity index (χ2n) is 4.47. The second-order valence-corrected chi connectivity index (χ2v) is 4.47. The number of piperidine rings is 1. The van der Waals surface area contributed by atoms with Crippen LogP contribution in [0, 0.1) is 21.7 Å². The molecule has 7 nitrogen and oxygen atoms in total. The van der Waals surface area contributed by atoms with Gasteiger partial charge in [-0.15, -0.1) is 0 Å². The predicted octanol–water partition coefficient (Wildman–Crippen LogP) is 0.881. The third-order valence-corrected chi connectivity index (χ3v) is 3.09. The molecular formula is C12H11F2N3O4. The number of nitrogens with one attached hydrogen (secondary N) is 2. The van der Waals surface area contributed by atoms with E-state index in [4.69, 9.17) is 0 Å². The van der Waals surface area contributed by atoms with Gasteiger partial charge in [0, 0.05) is 12.6 Å². The van der Waals surface area contributed by atoms with E-state index < -0.39 is 45.7 Å².